The van der Waals surface area contributed by atoms with Crippen LogP contribution >= 0.6 is 0 Å². The molecule has 0 amide bonds. The van der Waals surface area contributed by atoms with Crippen molar-refractivity contribution in [2.75, 3.05) is 27.9 Å². The van der Waals surface area contributed by atoms with Gasteiger partial charge in [-0.1, -0.05) is 24.3 Å². The Bertz CT molecular complexity index is 847. The molecule has 6 nitrogen and oxygen atoms in total. The first-order chi connectivity index (χ1) is 14.1. The number of guanidine groups is 1. The van der Waals surface area contributed by atoms with Gasteiger partial charge in [-0.3, -0.25) is 4.99 Å². The van der Waals surface area contributed by atoms with Gasteiger partial charge in [0.25, 0.3) is 0 Å². The van der Waals surface area contributed by atoms with E-state index in [0.29, 0.717) is 24.8 Å². The maximum absolute atomic E-state index is 6.06. The lowest BCUT2D eigenvalue weighted by Gasteiger charge is -2.17. The van der Waals surface area contributed by atoms with E-state index in [1.807, 2.05) is 18.2 Å². The van der Waals surface area contributed by atoms with Crippen LogP contribution in [0.5, 0.6) is 17.2 Å². The van der Waals surface area contributed by atoms with Crippen LogP contribution in [0.4, 0.5) is 0 Å². The van der Waals surface area contributed by atoms with Crippen molar-refractivity contribution in [3.63, 3.8) is 0 Å². The first-order valence-electron chi connectivity index (χ1n) is 10.0. The molecule has 0 saturated heterocycles. The number of nitrogens with one attached hydrogen (secondary N) is 2. The minimum absolute atomic E-state index is 0.568. The standard InChI is InChI=1S/C23H31N3O3/c1-16-8-11-18(21(12-16)29-15-17-9-10-17)13-25-23(24-2)26-14-19-6-5-7-20(27-3)22(19)28-4/h5-8,11-12,17H,9-10,13-15H2,1-4H3,(H2,24,25,26). The van der Waals surface area contributed by atoms with E-state index in [1.165, 1.54) is 18.4 Å². The summed E-state index contributed by atoms with van der Waals surface area (Å²) < 4.78 is 16.9. The molecule has 0 bridgehead atoms. The number of hydrogen-bond donors (Lipinski definition) is 2. The predicted octanol–water partition coefficient (Wildman–Crippen LogP) is 3.67. The summed E-state index contributed by atoms with van der Waals surface area (Å²) in [6, 6.07) is 12.2. The molecule has 1 saturated carbocycles. The average Bonchev–Trinajstić information content (AvgIpc) is 3.57. The van der Waals surface area contributed by atoms with Crippen molar-refractivity contribution < 1.29 is 14.2 Å². The molecule has 1 fully saturated rings. The fourth-order valence-corrected chi connectivity index (χ4v) is 3.11. The molecule has 0 atom stereocenters. The Morgan fingerprint density at radius 1 is 1.00 bits per heavy atom. The number of methoxy groups -OCH3 is 2. The van der Waals surface area contributed by atoms with Crippen LogP contribution in [0.3, 0.4) is 0 Å². The first kappa shape index (κ1) is 20.8. The van der Waals surface area contributed by atoms with E-state index >= 15 is 0 Å². The lowest BCUT2D eigenvalue weighted by atomic mass is 10.1. The summed E-state index contributed by atoms with van der Waals surface area (Å²) in [5.41, 5.74) is 3.32. The summed E-state index contributed by atoms with van der Waals surface area (Å²) in [5.74, 6) is 3.83. The Morgan fingerprint density at radius 3 is 2.41 bits per heavy atom. The molecule has 3 rings (SSSR count). The Morgan fingerprint density at radius 2 is 1.76 bits per heavy atom. The van der Waals surface area contributed by atoms with Crippen LogP contribution < -0.4 is 24.8 Å². The minimum atomic E-state index is 0.568. The molecule has 0 aromatic heterocycles. The zero-order valence-electron chi connectivity index (χ0n) is 17.7. The number of hydrogen-bond acceptors (Lipinski definition) is 4. The molecule has 0 heterocycles. The van der Waals surface area contributed by atoms with E-state index in [9.17, 15) is 0 Å². The van der Waals surface area contributed by atoms with E-state index in [2.05, 4.69) is 40.7 Å². The fraction of sp³-hybridized carbons (Fsp3) is 0.435. The smallest absolute Gasteiger partial charge is 0.191 e. The number of ether oxygens (including phenoxy) is 3. The topological polar surface area (TPSA) is 64.1 Å². The van der Waals surface area contributed by atoms with E-state index in [-0.39, 0.29) is 0 Å². The highest BCUT2D eigenvalue weighted by Crippen LogP contribution is 2.31. The van der Waals surface area contributed by atoms with E-state index in [0.717, 1.165) is 35.2 Å². The maximum Gasteiger partial charge on any atom is 0.191 e. The molecule has 6 heteroatoms. The lowest BCUT2D eigenvalue weighted by molar-refractivity contribution is 0.296. The molecular formula is C23H31N3O3. The summed E-state index contributed by atoms with van der Waals surface area (Å²) in [6.07, 6.45) is 2.56. The molecule has 0 radical (unpaired) electrons. The zero-order valence-corrected chi connectivity index (χ0v) is 17.7. The molecule has 1 aliphatic rings. The van der Waals surface area contributed by atoms with Crippen molar-refractivity contribution in [1.29, 1.82) is 0 Å². The third-order valence-corrected chi connectivity index (χ3v) is 4.99. The van der Waals surface area contributed by atoms with Gasteiger partial charge in [0.15, 0.2) is 17.5 Å². The lowest BCUT2D eigenvalue weighted by Crippen LogP contribution is -2.36. The summed E-state index contributed by atoms with van der Waals surface area (Å²) in [5, 5.41) is 6.71. The highest BCUT2D eigenvalue weighted by Gasteiger charge is 2.22. The van der Waals surface area contributed by atoms with Gasteiger partial charge in [-0.25, -0.2) is 0 Å². The molecule has 2 aromatic rings. The molecule has 0 spiro atoms. The zero-order chi connectivity index (χ0) is 20.6. The Hall–Kier alpha value is -2.89. The van der Waals surface area contributed by atoms with Gasteiger partial charge in [0, 0.05) is 31.3 Å². The van der Waals surface area contributed by atoms with Crippen LogP contribution in [0.25, 0.3) is 0 Å². The quantitative estimate of drug-likeness (QED) is 0.499. The third kappa shape index (κ3) is 5.79. The van der Waals surface area contributed by atoms with Crippen LogP contribution in [-0.4, -0.2) is 33.8 Å². The molecule has 2 aromatic carbocycles. The number of nitrogens with zero attached hydrogens (tertiary/aromatic N) is 1. The Labute approximate surface area is 173 Å². The van der Waals surface area contributed by atoms with Crippen molar-refractivity contribution in [2.45, 2.75) is 32.9 Å². The van der Waals surface area contributed by atoms with Gasteiger partial charge in [-0.2, -0.15) is 0 Å². The SMILES string of the molecule is CN=C(NCc1ccc(C)cc1OCC1CC1)NCc1cccc(OC)c1OC. The summed E-state index contributed by atoms with van der Waals surface area (Å²) in [4.78, 5) is 4.33. The number of para-hydroxylation sites is 1. The van der Waals surface area contributed by atoms with Crippen molar-refractivity contribution >= 4 is 5.96 Å². The fourth-order valence-electron chi connectivity index (χ4n) is 3.11. The summed E-state index contributed by atoms with van der Waals surface area (Å²) >= 11 is 0. The molecule has 2 N–H and O–H groups in total. The molecule has 0 aliphatic heterocycles. The molecular weight excluding hydrogens is 366 g/mol. The second-order valence-electron chi connectivity index (χ2n) is 7.30. The molecule has 29 heavy (non-hydrogen) atoms. The average molecular weight is 398 g/mol. The van der Waals surface area contributed by atoms with Gasteiger partial charge >= 0.3 is 0 Å². The van der Waals surface area contributed by atoms with Crippen LogP contribution in [-0.2, 0) is 13.1 Å². The molecule has 0 unspecified atom stereocenters. The predicted molar refractivity (Wildman–Crippen MR) is 116 cm³/mol. The maximum atomic E-state index is 6.06. The van der Waals surface area contributed by atoms with Crippen molar-refractivity contribution in [3.8, 4) is 17.2 Å². The second-order valence-corrected chi connectivity index (χ2v) is 7.30. The van der Waals surface area contributed by atoms with Gasteiger partial charge in [0.2, 0.25) is 0 Å². The number of benzene rings is 2. The number of rotatable bonds is 9. The normalized spacial score (nSPS) is 13.7. The van der Waals surface area contributed by atoms with Crippen molar-refractivity contribution in [3.05, 3.63) is 53.1 Å². The van der Waals surface area contributed by atoms with E-state index in [1.54, 1.807) is 21.3 Å². The third-order valence-electron chi connectivity index (χ3n) is 4.99. The summed E-state index contributed by atoms with van der Waals surface area (Å²) in [6.45, 7) is 4.09. The molecule has 156 valence electrons. The van der Waals surface area contributed by atoms with Crippen LogP contribution in [0, 0.1) is 12.8 Å². The van der Waals surface area contributed by atoms with Crippen LogP contribution in [0.15, 0.2) is 41.4 Å². The highest BCUT2D eigenvalue weighted by atomic mass is 16.5. The van der Waals surface area contributed by atoms with Gasteiger partial charge in [-0.05, 0) is 43.4 Å². The van der Waals surface area contributed by atoms with Crippen molar-refractivity contribution in [2.24, 2.45) is 10.9 Å². The summed E-state index contributed by atoms with van der Waals surface area (Å²) in [7, 11) is 5.05. The van der Waals surface area contributed by atoms with Gasteiger partial charge in [-0.15, -0.1) is 0 Å². The Kier molecular flexibility index (Phi) is 7.22. The van der Waals surface area contributed by atoms with Crippen LogP contribution in [0.2, 0.25) is 0 Å². The second kappa shape index (κ2) is 10.0. The van der Waals surface area contributed by atoms with Gasteiger partial charge < -0.3 is 24.8 Å². The Balaban J connectivity index is 1.60. The largest absolute Gasteiger partial charge is 0.493 e. The van der Waals surface area contributed by atoms with Gasteiger partial charge in [0.1, 0.15) is 5.75 Å². The number of aryl methyl sites for hydroxylation is 1. The highest BCUT2D eigenvalue weighted by molar-refractivity contribution is 5.79. The van der Waals surface area contributed by atoms with Gasteiger partial charge in [0.05, 0.1) is 20.8 Å². The van der Waals surface area contributed by atoms with E-state index < -0.39 is 0 Å². The first-order valence-corrected chi connectivity index (χ1v) is 10.0. The monoisotopic (exact) mass is 397 g/mol. The van der Waals surface area contributed by atoms with Crippen molar-refractivity contribution in [1.82, 2.24) is 10.6 Å². The number of aliphatic imine (C=N–C) groups is 1. The minimum Gasteiger partial charge on any atom is -0.493 e. The molecule has 1 aliphatic carbocycles. The van der Waals surface area contributed by atoms with E-state index in [4.69, 9.17) is 14.2 Å². The van der Waals surface area contributed by atoms with Crippen LogP contribution in [0.1, 0.15) is 29.5 Å².